The molecule has 0 aromatic carbocycles. The van der Waals surface area contributed by atoms with Crippen LogP contribution in [-0.4, -0.2) is 4.57 Å². The van der Waals surface area contributed by atoms with Crippen LogP contribution in [0.5, 0.6) is 0 Å². The van der Waals surface area contributed by atoms with E-state index >= 15 is 0 Å². The molecule has 66 valence electrons. The molecule has 0 radical (unpaired) electrons. The average Bonchev–Trinajstić information content (AvgIpc) is 2.17. The van der Waals surface area contributed by atoms with Crippen LogP contribution in [0.25, 0.3) is 6.08 Å². The second kappa shape index (κ2) is 3.40. The summed E-state index contributed by atoms with van der Waals surface area (Å²) in [5, 5.41) is 1.04. The zero-order valence-electron chi connectivity index (χ0n) is 8.05. The third-order valence-electron chi connectivity index (χ3n) is 1.91. The summed E-state index contributed by atoms with van der Waals surface area (Å²) in [4.78, 5) is 0. The van der Waals surface area contributed by atoms with Gasteiger partial charge in [0, 0.05) is 18.3 Å². The number of nitrogens with zero attached hydrogens (tertiary/aromatic N) is 1. The van der Waals surface area contributed by atoms with Gasteiger partial charge < -0.3 is 4.57 Å². The molecule has 0 fully saturated rings. The first kappa shape index (κ1) is 9.46. The number of thiol groups is 1. The smallest absolute Gasteiger partial charge is 0.0790 e. The molecule has 0 aliphatic carbocycles. The van der Waals surface area contributed by atoms with Crippen molar-refractivity contribution in [3.05, 3.63) is 22.9 Å². The van der Waals surface area contributed by atoms with Gasteiger partial charge in [-0.2, -0.15) is 0 Å². The normalized spacial score (nSPS) is 10.1. The quantitative estimate of drug-likeness (QED) is 0.635. The van der Waals surface area contributed by atoms with E-state index in [4.69, 9.17) is 0 Å². The van der Waals surface area contributed by atoms with Gasteiger partial charge in [0.25, 0.3) is 0 Å². The minimum absolute atomic E-state index is 1.04. The molecule has 0 saturated carbocycles. The van der Waals surface area contributed by atoms with Crippen molar-refractivity contribution in [2.75, 3.05) is 0 Å². The molecule has 1 nitrogen and oxygen atoms in total. The molecule has 0 aliphatic rings. The van der Waals surface area contributed by atoms with Crippen LogP contribution in [0.15, 0.2) is 16.7 Å². The summed E-state index contributed by atoms with van der Waals surface area (Å²) in [6, 6.07) is 2.15. The minimum Gasteiger partial charge on any atom is -0.343 e. The summed E-state index contributed by atoms with van der Waals surface area (Å²) in [6.45, 7) is 6.27. The number of aromatic nitrogens is 1. The van der Waals surface area contributed by atoms with Crippen molar-refractivity contribution in [2.45, 2.75) is 25.8 Å². The first-order valence-corrected chi connectivity index (χ1v) is 4.47. The Balaban J connectivity index is 3.18. The maximum absolute atomic E-state index is 4.43. The Labute approximate surface area is 79.5 Å². The standard InChI is InChI=1S/C10H15NS/c1-7(2)5-9-6-8(3)11(4)10(9)12/h5-6,12H,1-4H3. The van der Waals surface area contributed by atoms with Gasteiger partial charge in [0.1, 0.15) is 0 Å². The molecule has 0 amide bonds. The van der Waals surface area contributed by atoms with Crippen molar-refractivity contribution in [1.82, 2.24) is 4.57 Å². The third-order valence-corrected chi connectivity index (χ3v) is 2.47. The largest absolute Gasteiger partial charge is 0.343 e. The van der Waals surface area contributed by atoms with Gasteiger partial charge in [-0.05, 0) is 26.8 Å². The van der Waals surface area contributed by atoms with Crippen molar-refractivity contribution in [3.8, 4) is 0 Å². The van der Waals surface area contributed by atoms with Gasteiger partial charge in [-0.15, -0.1) is 12.6 Å². The Kier molecular flexibility index (Phi) is 2.68. The number of hydrogen-bond donors (Lipinski definition) is 1. The van der Waals surface area contributed by atoms with E-state index in [1.54, 1.807) is 0 Å². The highest BCUT2D eigenvalue weighted by Crippen LogP contribution is 2.20. The summed E-state index contributed by atoms with van der Waals surface area (Å²) in [7, 11) is 2.03. The van der Waals surface area contributed by atoms with Crippen LogP contribution >= 0.6 is 12.6 Å². The molecule has 2 heteroatoms. The number of aryl methyl sites for hydroxylation is 1. The molecular weight excluding hydrogens is 166 g/mol. The van der Waals surface area contributed by atoms with E-state index in [1.165, 1.54) is 16.8 Å². The highest BCUT2D eigenvalue weighted by Gasteiger charge is 2.03. The maximum atomic E-state index is 4.43. The van der Waals surface area contributed by atoms with Crippen molar-refractivity contribution >= 4 is 18.7 Å². The number of hydrogen-bond acceptors (Lipinski definition) is 1. The van der Waals surface area contributed by atoms with Crippen molar-refractivity contribution < 1.29 is 0 Å². The van der Waals surface area contributed by atoms with Crippen molar-refractivity contribution in [1.29, 1.82) is 0 Å². The second-order valence-electron chi connectivity index (χ2n) is 3.35. The van der Waals surface area contributed by atoms with Gasteiger partial charge in [0.15, 0.2) is 0 Å². The Hall–Kier alpha value is -0.630. The lowest BCUT2D eigenvalue weighted by molar-refractivity contribution is 0.797. The predicted molar refractivity (Wildman–Crippen MR) is 56.7 cm³/mol. The highest BCUT2D eigenvalue weighted by atomic mass is 32.1. The lowest BCUT2D eigenvalue weighted by atomic mass is 10.2. The van der Waals surface area contributed by atoms with Gasteiger partial charge in [-0.25, -0.2) is 0 Å². The van der Waals surface area contributed by atoms with E-state index in [1.807, 2.05) is 7.05 Å². The molecule has 1 rings (SSSR count). The van der Waals surface area contributed by atoms with E-state index in [2.05, 4.69) is 50.1 Å². The summed E-state index contributed by atoms with van der Waals surface area (Å²) in [5.74, 6) is 0. The van der Waals surface area contributed by atoms with Crippen LogP contribution in [0.4, 0.5) is 0 Å². The molecule has 1 heterocycles. The SMILES string of the molecule is CC(C)=Cc1cc(C)n(C)c1S. The van der Waals surface area contributed by atoms with Crippen LogP contribution in [0.3, 0.4) is 0 Å². The van der Waals surface area contributed by atoms with Gasteiger partial charge >= 0.3 is 0 Å². The fraction of sp³-hybridized carbons (Fsp3) is 0.400. The Morgan fingerprint density at radius 2 is 2.08 bits per heavy atom. The summed E-state index contributed by atoms with van der Waals surface area (Å²) in [6.07, 6.45) is 2.15. The molecule has 0 aliphatic heterocycles. The Morgan fingerprint density at radius 1 is 1.50 bits per heavy atom. The van der Waals surface area contributed by atoms with E-state index in [0.29, 0.717) is 0 Å². The fourth-order valence-electron chi connectivity index (χ4n) is 1.16. The van der Waals surface area contributed by atoms with E-state index in [0.717, 1.165) is 5.03 Å². The molecule has 0 saturated heterocycles. The van der Waals surface area contributed by atoms with Crippen LogP contribution in [0.2, 0.25) is 0 Å². The van der Waals surface area contributed by atoms with Crippen LogP contribution in [-0.2, 0) is 7.05 Å². The summed E-state index contributed by atoms with van der Waals surface area (Å²) >= 11 is 4.43. The zero-order valence-corrected chi connectivity index (χ0v) is 8.94. The topological polar surface area (TPSA) is 4.93 Å². The molecular formula is C10H15NS. The van der Waals surface area contributed by atoms with Gasteiger partial charge in [0.2, 0.25) is 0 Å². The minimum atomic E-state index is 1.04. The fourth-order valence-corrected chi connectivity index (χ4v) is 1.45. The van der Waals surface area contributed by atoms with Crippen LogP contribution in [0.1, 0.15) is 25.1 Å². The second-order valence-corrected chi connectivity index (χ2v) is 3.77. The van der Waals surface area contributed by atoms with E-state index in [-0.39, 0.29) is 0 Å². The van der Waals surface area contributed by atoms with Crippen molar-refractivity contribution in [3.63, 3.8) is 0 Å². The average molecular weight is 181 g/mol. The third kappa shape index (κ3) is 1.75. The molecule has 0 N–H and O–H groups in total. The first-order valence-electron chi connectivity index (χ1n) is 4.02. The van der Waals surface area contributed by atoms with Gasteiger partial charge in [-0.1, -0.05) is 11.6 Å². The molecule has 0 unspecified atom stereocenters. The molecule has 1 aromatic heterocycles. The zero-order chi connectivity index (χ0) is 9.30. The highest BCUT2D eigenvalue weighted by molar-refractivity contribution is 7.80. The predicted octanol–water partition coefficient (Wildman–Crippen LogP) is 3.05. The van der Waals surface area contributed by atoms with Crippen molar-refractivity contribution in [2.24, 2.45) is 7.05 Å². The molecule has 12 heavy (non-hydrogen) atoms. The van der Waals surface area contributed by atoms with E-state index in [9.17, 15) is 0 Å². The van der Waals surface area contributed by atoms with Crippen LogP contribution < -0.4 is 0 Å². The number of allylic oxidation sites excluding steroid dienone is 1. The molecule has 0 bridgehead atoms. The lowest BCUT2D eigenvalue weighted by Crippen LogP contribution is -1.89. The monoisotopic (exact) mass is 181 g/mol. The lowest BCUT2D eigenvalue weighted by Gasteiger charge is -1.98. The Morgan fingerprint density at radius 3 is 2.42 bits per heavy atom. The maximum Gasteiger partial charge on any atom is 0.0790 e. The summed E-state index contributed by atoms with van der Waals surface area (Å²) < 4.78 is 2.08. The van der Waals surface area contributed by atoms with Crippen LogP contribution in [0, 0.1) is 6.92 Å². The van der Waals surface area contributed by atoms with Gasteiger partial charge in [-0.3, -0.25) is 0 Å². The molecule has 0 atom stereocenters. The van der Waals surface area contributed by atoms with E-state index < -0.39 is 0 Å². The summed E-state index contributed by atoms with van der Waals surface area (Å²) in [5.41, 5.74) is 3.75. The first-order chi connectivity index (χ1) is 5.52. The molecule has 0 spiro atoms. The molecule has 1 aromatic rings. The Bertz CT molecular complexity index is 317. The van der Waals surface area contributed by atoms with Gasteiger partial charge in [0.05, 0.1) is 5.03 Å². The number of rotatable bonds is 1.